The molecule has 2 aliphatic heterocycles. The van der Waals surface area contributed by atoms with E-state index >= 15 is 0 Å². The summed E-state index contributed by atoms with van der Waals surface area (Å²) in [6.45, 7) is 4.49. The van der Waals surface area contributed by atoms with Gasteiger partial charge in [0.1, 0.15) is 23.4 Å². The Morgan fingerprint density at radius 1 is 1.33 bits per heavy atom. The van der Waals surface area contributed by atoms with Gasteiger partial charge in [0, 0.05) is 30.0 Å². The maximum atomic E-state index is 12.5. The first-order valence-electron chi connectivity index (χ1n) is 9.80. The summed E-state index contributed by atoms with van der Waals surface area (Å²) in [6, 6.07) is 10.3. The van der Waals surface area contributed by atoms with Crippen LogP contribution in [0.2, 0.25) is 0 Å². The highest BCUT2D eigenvalue weighted by molar-refractivity contribution is 7.90. The van der Waals surface area contributed by atoms with Crippen LogP contribution in [0.15, 0.2) is 46.3 Å². The van der Waals surface area contributed by atoms with Crippen molar-refractivity contribution in [1.29, 1.82) is 0 Å². The molecule has 4 rings (SSSR count). The second-order valence-electron chi connectivity index (χ2n) is 7.15. The lowest BCUT2D eigenvalue weighted by Gasteiger charge is -2.13. The molecule has 0 aromatic heterocycles. The van der Waals surface area contributed by atoms with E-state index in [-0.39, 0.29) is 35.7 Å². The molecule has 0 spiro atoms. The Labute approximate surface area is 175 Å². The van der Waals surface area contributed by atoms with Gasteiger partial charge in [0.05, 0.1) is 23.7 Å². The number of anilines is 1. The molecule has 0 aliphatic carbocycles. The van der Waals surface area contributed by atoms with Crippen LogP contribution in [0, 0.1) is 0 Å². The van der Waals surface area contributed by atoms with Crippen molar-refractivity contribution >= 4 is 27.5 Å². The first-order chi connectivity index (χ1) is 14.4. The highest BCUT2D eigenvalue weighted by atomic mass is 32.2. The van der Waals surface area contributed by atoms with Gasteiger partial charge >= 0.3 is 0 Å². The molecule has 30 heavy (non-hydrogen) atoms. The van der Waals surface area contributed by atoms with Crippen LogP contribution in [0.3, 0.4) is 0 Å². The van der Waals surface area contributed by atoms with Gasteiger partial charge in [-0.25, -0.2) is 8.42 Å². The minimum atomic E-state index is -3.59. The Bertz CT molecular complexity index is 1130. The highest BCUT2D eigenvalue weighted by Gasteiger charge is 2.30. The minimum Gasteiger partial charge on any atom is -0.492 e. The number of sulfonamides is 1. The summed E-state index contributed by atoms with van der Waals surface area (Å²) >= 11 is 0. The molecule has 0 bridgehead atoms. The van der Waals surface area contributed by atoms with E-state index in [0.29, 0.717) is 23.6 Å². The van der Waals surface area contributed by atoms with E-state index < -0.39 is 10.0 Å². The van der Waals surface area contributed by atoms with Crippen molar-refractivity contribution in [2.45, 2.75) is 37.7 Å². The van der Waals surface area contributed by atoms with E-state index in [2.05, 4.69) is 15.0 Å². The summed E-state index contributed by atoms with van der Waals surface area (Å²) in [5, 5.41) is 2.85. The predicted octanol–water partition coefficient (Wildman–Crippen LogP) is 2.48. The number of aliphatic imine (C=N–C) groups is 1. The van der Waals surface area contributed by atoms with Gasteiger partial charge in [-0.1, -0.05) is 12.1 Å². The lowest BCUT2D eigenvalue weighted by Crippen LogP contribution is -2.23. The van der Waals surface area contributed by atoms with Crippen molar-refractivity contribution in [2.24, 2.45) is 4.99 Å². The van der Waals surface area contributed by atoms with E-state index in [1.54, 1.807) is 24.3 Å². The number of fused-ring (bicyclic) bond motifs is 2. The van der Waals surface area contributed by atoms with E-state index in [9.17, 15) is 13.2 Å². The van der Waals surface area contributed by atoms with Crippen molar-refractivity contribution in [3.8, 4) is 11.5 Å². The van der Waals surface area contributed by atoms with Crippen molar-refractivity contribution in [3.05, 3.63) is 47.5 Å². The molecular weight excluding hydrogens is 406 g/mol. The summed E-state index contributed by atoms with van der Waals surface area (Å²) in [5.74, 6) is 1.36. The summed E-state index contributed by atoms with van der Waals surface area (Å²) in [4.78, 5) is 16.9. The quantitative estimate of drug-likeness (QED) is 0.734. The summed E-state index contributed by atoms with van der Waals surface area (Å²) in [7, 11) is -3.59. The van der Waals surface area contributed by atoms with Crippen molar-refractivity contribution in [2.75, 3.05) is 18.5 Å². The summed E-state index contributed by atoms with van der Waals surface area (Å²) in [5.41, 5.74) is 2.12. The van der Waals surface area contributed by atoms with Gasteiger partial charge in [-0.3, -0.25) is 14.5 Å². The van der Waals surface area contributed by atoms with Crippen LogP contribution in [-0.2, 0) is 21.2 Å². The smallest absolute Gasteiger partial charge is 0.263 e. The van der Waals surface area contributed by atoms with Gasteiger partial charge in [-0.2, -0.15) is 0 Å². The largest absolute Gasteiger partial charge is 0.492 e. The molecule has 1 amide bonds. The first-order valence-corrected chi connectivity index (χ1v) is 11.3. The standard InChI is InChI=1S/C21H23N3O5S/c1-3-28-18-11-14-10-13(2)29-17(14)12-16(18)23-20(25)8-9-22-21-15-6-4-5-7-19(15)30(26,27)24-21/h4-7,11-13H,3,8-10H2,1-2H3,(H,22,24)(H,23,25)/t13-/m0/s1. The third kappa shape index (κ3) is 3.97. The number of benzene rings is 2. The lowest BCUT2D eigenvalue weighted by molar-refractivity contribution is -0.116. The van der Waals surface area contributed by atoms with Crippen LogP contribution < -0.4 is 19.5 Å². The Morgan fingerprint density at radius 3 is 2.93 bits per heavy atom. The minimum absolute atomic E-state index is 0.0906. The molecule has 2 heterocycles. The number of carbonyl (C=O) groups excluding carboxylic acids is 1. The van der Waals surface area contributed by atoms with Crippen LogP contribution in [0.5, 0.6) is 11.5 Å². The number of carbonyl (C=O) groups is 1. The van der Waals surface area contributed by atoms with Crippen LogP contribution >= 0.6 is 0 Å². The number of hydrogen-bond donors (Lipinski definition) is 2. The molecule has 158 valence electrons. The maximum absolute atomic E-state index is 12.5. The molecule has 9 heteroatoms. The zero-order chi connectivity index (χ0) is 21.3. The number of hydrogen-bond acceptors (Lipinski definition) is 6. The fourth-order valence-corrected chi connectivity index (χ4v) is 4.80. The molecule has 2 aliphatic rings. The lowest BCUT2D eigenvalue weighted by atomic mass is 10.1. The average molecular weight is 429 g/mol. The zero-order valence-electron chi connectivity index (χ0n) is 16.8. The SMILES string of the molecule is CCOc1cc2c(cc1NC(=O)CCN=C1NS(=O)(=O)c3ccccc31)O[C@@H](C)C2. The topological polar surface area (TPSA) is 106 Å². The number of nitrogens with one attached hydrogen (secondary N) is 2. The van der Waals surface area contributed by atoms with Gasteiger partial charge in [0.2, 0.25) is 5.91 Å². The second-order valence-corrected chi connectivity index (χ2v) is 8.80. The van der Waals surface area contributed by atoms with Gasteiger partial charge in [-0.15, -0.1) is 0 Å². The maximum Gasteiger partial charge on any atom is 0.263 e. The average Bonchev–Trinajstić information content (AvgIpc) is 3.18. The normalized spacial score (nSPS) is 19.5. The third-order valence-electron chi connectivity index (χ3n) is 4.84. The van der Waals surface area contributed by atoms with Gasteiger partial charge in [-0.05, 0) is 32.0 Å². The van der Waals surface area contributed by atoms with E-state index in [4.69, 9.17) is 9.47 Å². The number of nitrogens with zero attached hydrogens (tertiary/aromatic N) is 1. The second kappa shape index (κ2) is 7.98. The van der Waals surface area contributed by atoms with Crippen molar-refractivity contribution in [3.63, 3.8) is 0 Å². The molecule has 1 atom stereocenters. The molecule has 2 N–H and O–H groups in total. The molecule has 0 radical (unpaired) electrons. The predicted molar refractivity (Wildman–Crippen MR) is 113 cm³/mol. The van der Waals surface area contributed by atoms with Crippen LogP contribution in [0.25, 0.3) is 0 Å². The van der Waals surface area contributed by atoms with Gasteiger partial charge < -0.3 is 14.8 Å². The number of amidine groups is 1. The van der Waals surface area contributed by atoms with Crippen molar-refractivity contribution in [1.82, 2.24) is 4.72 Å². The summed E-state index contributed by atoms with van der Waals surface area (Å²) in [6.07, 6.45) is 0.987. The highest BCUT2D eigenvalue weighted by Crippen LogP contribution is 2.38. The van der Waals surface area contributed by atoms with Gasteiger partial charge in [0.15, 0.2) is 0 Å². The Morgan fingerprint density at radius 2 is 2.13 bits per heavy atom. The zero-order valence-corrected chi connectivity index (χ0v) is 17.6. The molecule has 8 nitrogen and oxygen atoms in total. The fourth-order valence-electron chi connectivity index (χ4n) is 3.55. The molecule has 0 saturated carbocycles. The molecule has 0 fully saturated rings. The summed E-state index contributed by atoms with van der Waals surface area (Å²) < 4.78 is 38.1. The third-order valence-corrected chi connectivity index (χ3v) is 6.24. The molecular formula is C21H23N3O5S. The first kappa shape index (κ1) is 20.2. The number of ether oxygens (including phenoxy) is 2. The molecule has 0 unspecified atom stereocenters. The van der Waals surface area contributed by atoms with E-state index in [0.717, 1.165) is 17.7 Å². The van der Waals surface area contributed by atoms with Crippen LogP contribution in [0.1, 0.15) is 31.4 Å². The molecule has 0 saturated heterocycles. The van der Waals surface area contributed by atoms with Crippen molar-refractivity contribution < 1.29 is 22.7 Å². The Balaban J connectivity index is 1.44. The Kier molecular flexibility index (Phi) is 5.38. The van der Waals surface area contributed by atoms with Crippen LogP contribution in [0.4, 0.5) is 5.69 Å². The molecule has 2 aromatic carbocycles. The molecule has 2 aromatic rings. The van der Waals surface area contributed by atoms with E-state index in [1.807, 2.05) is 19.9 Å². The van der Waals surface area contributed by atoms with Crippen LogP contribution in [-0.4, -0.2) is 39.4 Å². The number of rotatable bonds is 6. The fraction of sp³-hybridized carbons (Fsp3) is 0.333. The van der Waals surface area contributed by atoms with E-state index in [1.165, 1.54) is 6.07 Å². The number of amides is 1. The van der Waals surface area contributed by atoms with Gasteiger partial charge in [0.25, 0.3) is 10.0 Å². The Hall–Kier alpha value is -3.07. The monoisotopic (exact) mass is 429 g/mol.